The van der Waals surface area contributed by atoms with Crippen LogP contribution in [0.25, 0.3) is 0 Å². The van der Waals surface area contributed by atoms with Gasteiger partial charge in [-0.3, -0.25) is 9.69 Å². The van der Waals surface area contributed by atoms with Crippen molar-refractivity contribution in [3.05, 3.63) is 71.3 Å². The first-order valence-corrected chi connectivity index (χ1v) is 12.1. The normalized spacial score (nSPS) is 25.9. The summed E-state index contributed by atoms with van der Waals surface area (Å²) in [6, 6.07) is 17.4. The molecule has 1 aliphatic heterocycles. The molecule has 4 atom stereocenters. The molecule has 3 amide bonds. The van der Waals surface area contributed by atoms with Crippen molar-refractivity contribution in [1.82, 2.24) is 10.2 Å². The van der Waals surface area contributed by atoms with Crippen LogP contribution in [-0.4, -0.2) is 46.7 Å². The number of nitrogens with one attached hydrogen (secondary N) is 1. The zero-order chi connectivity index (χ0) is 24.5. The van der Waals surface area contributed by atoms with Crippen LogP contribution in [0.3, 0.4) is 0 Å². The monoisotopic (exact) mass is 464 g/mol. The number of imide groups is 1. The van der Waals surface area contributed by atoms with E-state index in [1.807, 2.05) is 61.5 Å². The lowest BCUT2D eigenvalue weighted by atomic mass is 9.64. The van der Waals surface area contributed by atoms with Crippen molar-refractivity contribution in [2.45, 2.75) is 64.7 Å². The molecule has 2 aromatic rings. The van der Waals surface area contributed by atoms with E-state index in [1.54, 1.807) is 0 Å². The summed E-state index contributed by atoms with van der Waals surface area (Å²) in [6.45, 7) is 8.36. The molecule has 1 saturated carbocycles. The minimum atomic E-state index is -0.992. The molecule has 182 valence electrons. The van der Waals surface area contributed by atoms with E-state index in [0.717, 1.165) is 23.1 Å². The Hall–Kier alpha value is -2.70. The van der Waals surface area contributed by atoms with Crippen LogP contribution in [0.2, 0.25) is 0 Å². The topological polar surface area (TPSA) is 78.9 Å². The first-order chi connectivity index (χ1) is 16.1. The van der Waals surface area contributed by atoms with Crippen molar-refractivity contribution in [2.75, 3.05) is 13.2 Å². The van der Waals surface area contributed by atoms with Crippen LogP contribution in [0.5, 0.6) is 0 Å². The number of β-amino-alcohol motifs (C(OH)–C–C–N with tert-alkyl or cyclic N) is 1. The molecule has 0 aromatic heterocycles. The molecular weight excluding hydrogens is 428 g/mol. The Kier molecular flexibility index (Phi) is 6.83. The lowest BCUT2D eigenvalue weighted by Gasteiger charge is -2.43. The lowest BCUT2D eigenvalue weighted by molar-refractivity contribution is -0.136. The number of amides is 3. The molecule has 1 heterocycles. The van der Waals surface area contributed by atoms with Crippen LogP contribution in [-0.2, 0) is 9.53 Å². The highest BCUT2D eigenvalue weighted by Gasteiger charge is 2.56. The number of aliphatic hydroxyl groups is 1. The first kappa shape index (κ1) is 24.4. The van der Waals surface area contributed by atoms with E-state index in [4.69, 9.17) is 4.74 Å². The minimum absolute atomic E-state index is 0.000148. The number of nitrogens with zero attached hydrogens (tertiary/aromatic N) is 1. The predicted octanol–water partition coefficient (Wildman–Crippen LogP) is 4.60. The van der Waals surface area contributed by atoms with E-state index in [2.05, 4.69) is 26.1 Å². The number of hydrogen-bond acceptors (Lipinski definition) is 4. The van der Waals surface area contributed by atoms with Gasteiger partial charge >= 0.3 is 6.03 Å². The van der Waals surface area contributed by atoms with Crippen molar-refractivity contribution >= 4 is 11.9 Å². The fourth-order valence-electron chi connectivity index (χ4n) is 6.02. The second-order valence-electron chi connectivity index (χ2n) is 10.9. The van der Waals surface area contributed by atoms with Gasteiger partial charge in [0.05, 0.1) is 19.3 Å². The average Bonchev–Trinajstić information content (AvgIpc) is 2.97. The Bertz CT molecular complexity index is 1040. The Balaban J connectivity index is 1.45. The van der Waals surface area contributed by atoms with Gasteiger partial charge in [0.15, 0.2) is 0 Å². The van der Waals surface area contributed by atoms with Gasteiger partial charge in [-0.05, 0) is 54.2 Å². The van der Waals surface area contributed by atoms with Gasteiger partial charge in [0, 0.05) is 0 Å². The molecule has 0 bridgehead atoms. The molecule has 0 radical (unpaired) electrons. The maximum absolute atomic E-state index is 13.4. The molecule has 1 saturated heterocycles. The summed E-state index contributed by atoms with van der Waals surface area (Å²) in [6.07, 6.45) is 0.920. The summed E-state index contributed by atoms with van der Waals surface area (Å²) in [7, 11) is 0. The zero-order valence-electron chi connectivity index (χ0n) is 20.6. The summed E-state index contributed by atoms with van der Waals surface area (Å²) >= 11 is 0. The van der Waals surface area contributed by atoms with Gasteiger partial charge in [0.1, 0.15) is 11.6 Å². The molecule has 6 nitrogen and oxygen atoms in total. The number of aryl methyl sites for hydroxylation is 1. The standard InChI is InChI=1S/C28H36N2O4/c1-19-14-27(3,4)18-28(15-19)25(32)30(26(33)29-28)16-22(31)17-34-24(21-11-6-5-7-12-21)23-13-9-8-10-20(23)2/h5-13,19,22,24,31H,14-18H2,1-4H3,(H,29,33). The van der Waals surface area contributed by atoms with E-state index in [-0.39, 0.29) is 30.6 Å². The molecule has 34 heavy (non-hydrogen) atoms. The van der Waals surface area contributed by atoms with Gasteiger partial charge in [-0.1, -0.05) is 75.4 Å². The van der Waals surface area contributed by atoms with Crippen molar-refractivity contribution in [2.24, 2.45) is 11.3 Å². The third kappa shape index (κ3) is 5.03. The summed E-state index contributed by atoms with van der Waals surface area (Å²) in [5.74, 6) is 0.108. The van der Waals surface area contributed by atoms with Gasteiger partial charge in [-0.15, -0.1) is 0 Å². The van der Waals surface area contributed by atoms with Crippen molar-refractivity contribution in [1.29, 1.82) is 0 Å². The Labute approximate surface area is 202 Å². The van der Waals surface area contributed by atoms with E-state index in [0.29, 0.717) is 18.8 Å². The summed E-state index contributed by atoms with van der Waals surface area (Å²) in [4.78, 5) is 27.3. The molecule has 1 spiro atoms. The fraction of sp³-hybridized carbons (Fsp3) is 0.500. The minimum Gasteiger partial charge on any atom is -0.389 e. The maximum atomic E-state index is 13.4. The molecule has 2 aromatic carbocycles. The maximum Gasteiger partial charge on any atom is 0.325 e. The van der Waals surface area contributed by atoms with E-state index in [9.17, 15) is 14.7 Å². The van der Waals surface area contributed by atoms with E-state index in [1.165, 1.54) is 4.90 Å². The van der Waals surface area contributed by atoms with Gasteiger partial charge in [0.2, 0.25) is 0 Å². The molecule has 6 heteroatoms. The van der Waals surface area contributed by atoms with Crippen LogP contribution in [0.4, 0.5) is 4.79 Å². The molecule has 2 N–H and O–H groups in total. The van der Waals surface area contributed by atoms with Crippen LogP contribution >= 0.6 is 0 Å². The summed E-state index contributed by atoms with van der Waals surface area (Å²) in [5, 5.41) is 13.8. The highest BCUT2D eigenvalue weighted by Crippen LogP contribution is 2.46. The van der Waals surface area contributed by atoms with E-state index < -0.39 is 17.7 Å². The third-order valence-corrected chi connectivity index (χ3v) is 7.05. The third-order valence-electron chi connectivity index (χ3n) is 7.05. The molecule has 1 aliphatic carbocycles. The van der Waals surface area contributed by atoms with Crippen molar-refractivity contribution in [3.8, 4) is 0 Å². The molecule has 4 rings (SSSR count). The number of hydrogen-bond donors (Lipinski definition) is 2. The lowest BCUT2D eigenvalue weighted by Crippen LogP contribution is -2.54. The van der Waals surface area contributed by atoms with Crippen LogP contribution in [0, 0.1) is 18.3 Å². The Morgan fingerprint density at radius 3 is 2.44 bits per heavy atom. The fourth-order valence-corrected chi connectivity index (χ4v) is 6.02. The number of aliphatic hydroxyl groups excluding tert-OH is 1. The number of benzene rings is 2. The number of carbonyl (C=O) groups is 2. The molecular formula is C28H36N2O4. The van der Waals surface area contributed by atoms with Gasteiger partial charge in [0.25, 0.3) is 5.91 Å². The summed E-state index contributed by atoms with van der Waals surface area (Å²) < 4.78 is 6.21. The first-order valence-electron chi connectivity index (χ1n) is 12.1. The largest absolute Gasteiger partial charge is 0.389 e. The number of carbonyl (C=O) groups excluding carboxylic acids is 2. The van der Waals surface area contributed by atoms with Gasteiger partial charge < -0.3 is 15.2 Å². The second-order valence-corrected chi connectivity index (χ2v) is 10.9. The van der Waals surface area contributed by atoms with Gasteiger partial charge in [-0.2, -0.15) is 0 Å². The molecule has 2 fully saturated rings. The molecule has 4 unspecified atom stereocenters. The number of ether oxygens (including phenoxy) is 1. The van der Waals surface area contributed by atoms with Crippen LogP contribution in [0.15, 0.2) is 54.6 Å². The predicted molar refractivity (Wildman–Crippen MR) is 131 cm³/mol. The smallest absolute Gasteiger partial charge is 0.325 e. The Morgan fingerprint density at radius 2 is 1.76 bits per heavy atom. The van der Waals surface area contributed by atoms with Crippen LogP contribution < -0.4 is 5.32 Å². The number of rotatable bonds is 7. The highest BCUT2D eigenvalue weighted by molar-refractivity contribution is 6.07. The van der Waals surface area contributed by atoms with E-state index >= 15 is 0 Å². The molecule has 2 aliphatic rings. The second kappa shape index (κ2) is 9.51. The van der Waals surface area contributed by atoms with Crippen molar-refractivity contribution < 1.29 is 19.4 Å². The van der Waals surface area contributed by atoms with Crippen molar-refractivity contribution in [3.63, 3.8) is 0 Å². The summed E-state index contributed by atoms with van der Waals surface area (Å²) in [5.41, 5.74) is 2.20. The quantitative estimate of drug-likeness (QED) is 0.587. The highest BCUT2D eigenvalue weighted by atomic mass is 16.5. The SMILES string of the molecule is Cc1ccccc1C(OCC(O)CN1C(=O)NC2(CC(C)CC(C)(C)C2)C1=O)c1ccccc1. The Morgan fingerprint density at radius 1 is 1.09 bits per heavy atom. The number of urea groups is 1. The van der Waals surface area contributed by atoms with Gasteiger partial charge in [-0.25, -0.2) is 4.79 Å². The average molecular weight is 465 g/mol. The zero-order valence-corrected chi connectivity index (χ0v) is 20.6. The van der Waals surface area contributed by atoms with Crippen LogP contribution in [0.1, 0.15) is 62.8 Å².